The van der Waals surface area contributed by atoms with Crippen LogP contribution in [0.1, 0.15) is 50.2 Å². The van der Waals surface area contributed by atoms with Crippen LogP contribution in [0.5, 0.6) is 0 Å². The third-order valence-electron chi connectivity index (χ3n) is 3.53. The molecule has 0 saturated heterocycles. The van der Waals surface area contributed by atoms with Gasteiger partial charge >= 0.3 is 6.18 Å². The van der Waals surface area contributed by atoms with E-state index in [0.29, 0.717) is 31.0 Å². The van der Waals surface area contributed by atoms with Crippen molar-refractivity contribution in [1.82, 2.24) is 10.1 Å². The van der Waals surface area contributed by atoms with Gasteiger partial charge in [-0.25, -0.2) is 0 Å². The highest BCUT2D eigenvalue weighted by molar-refractivity contribution is 4.97. The molecule has 1 aliphatic carbocycles. The second kappa shape index (κ2) is 5.48. The minimum absolute atomic E-state index is 0.0482. The number of nitrogens with zero attached hydrogens (tertiary/aromatic N) is 2. The molecule has 2 rings (SSSR count). The summed E-state index contributed by atoms with van der Waals surface area (Å²) >= 11 is 0. The Bertz CT molecular complexity index is 409. The monoisotopic (exact) mass is 277 g/mol. The molecule has 1 unspecified atom stereocenters. The first-order valence-electron chi connectivity index (χ1n) is 6.51. The van der Waals surface area contributed by atoms with Crippen molar-refractivity contribution in [1.29, 1.82) is 0 Å². The van der Waals surface area contributed by atoms with Crippen LogP contribution in [0.4, 0.5) is 13.2 Å². The van der Waals surface area contributed by atoms with Crippen molar-refractivity contribution < 1.29 is 17.7 Å². The predicted octanol–water partition coefficient (Wildman–Crippen LogP) is 2.80. The summed E-state index contributed by atoms with van der Waals surface area (Å²) in [5.41, 5.74) is 5.63. The van der Waals surface area contributed by atoms with Gasteiger partial charge in [-0.05, 0) is 32.6 Å². The van der Waals surface area contributed by atoms with Crippen LogP contribution < -0.4 is 5.73 Å². The summed E-state index contributed by atoms with van der Waals surface area (Å²) in [4.78, 5) is 4.22. The molecule has 7 heteroatoms. The molecular formula is C12H18F3N3O. The number of hydrogen-bond acceptors (Lipinski definition) is 4. The van der Waals surface area contributed by atoms with Crippen LogP contribution >= 0.6 is 0 Å². The zero-order valence-corrected chi connectivity index (χ0v) is 10.8. The van der Waals surface area contributed by atoms with Crippen molar-refractivity contribution in [2.24, 2.45) is 11.7 Å². The van der Waals surface area contributed by atoms with Gasteiger partial charge in [-0.2, -0.15) is 18.2 Å². The maximum atomic E-state index is 12.6. The fraction of sp³-hybridized carbons (Fsp3) is 0.833. The number of rotatable bonds is 3. The molecule has 0 aliphatic heterocycles. The fourth-order valence-corrected chi connectivity index (χ4v) is 2.47. The van der Waals surface area contributed by atoms with Gasteiger partial charge in [0.1, 0.15) is 0 Å². The van der Waals surface area contributed by atoms with E-state index >= 15 is 0 Å². The first kappa shape index (κ1) is 14.3. The quantitative estimate of drug-likeness (QED) is 0.922. The zero-order valence-electron chi connectivity index (χ0n) is 10.8. The fourth-order valence-electron chi connectivity index (χ4n) is 2.47. The molecule has 0 spiro atoms. The standard InChI is InChI=1S/C12H18F3N3O/c1-7(16)6-10-17-11(19-18-10)8-2-4-9(5-3-8)12(13,14)15/h7-9H,2-6,16H2,1H3. The number of hydrogen-bond donors (Lipinski definition) is 1. The molecule has 4 nitrogen and oxygen atoms in total. The number of aromatic nitrogens is 2. The largest absolute Gasteiger partial charge is 0.391 e. The Kier molecular flexibility index (Phi) is 4.13. The topological polar surface area (TPSA) is 64.9 Å². The predicted molar refractivity (Wildman–Crippen MR) is 62.4 cm³/mol. The van der Waals surface area contributed by atoms with Gasteiger partial charge < -0.3 is 10.3 Å². The Morgan fingerprint density at radius 1 is 1.32 bits per heavy atom. The molecule has 1 saturated carbocycles. The lowest BCUT2D eigenvalue weighted by Gasteiger charge is -2.27. The summed E-state index contributed by atoms with van der Waals surface area (Å²) < 4.78 is 42.8. The molecule has 1 aromatic rings. The van der Waals surface area contributed by atoms with E-state index in [1.54, 1.807) is 0 Å². The maximum absolute atomic E-state index is 12.6. The summed E-state index contributed by atoms with van der Waals surface area (Å²) in [5, 5.41) is 3.81. The van der Waals surface area contributed by atoms with Gasteiger partial charge in [0, 0.05) is 18.4 Å². The molecule has 0 bridgehead atoms. The minimum atomic E-state index is -4.08. The van der Waals surface area contributed by atoms with Crippen molar-refractivity contribution >= 4 is 0 Å². The Morgan fingerprint density at radius 2 is 1.95 bits per heavy atom. The SMILES string of the molecule is CC(N)Cc1noc(C2CCC(C(F)(F)F)CC2)n1. The van der Waals surface area contributed by atoms with Crippen molar-refractivity contribution in [2.75, 3.05) is 0 Å². The maximum Gasteiger partial charge on any atom is 0.391 e. The van der Waals surface area contributed by atoms with Gasteiger partial charge in [0.25, 0.3) is 0 Å². The first-order chi connectivity index (χ1) is 8.86. The number of halogens is 3. The van der Waals surface area contributed by atoms with Crippen LogP contribution in [0, 0.1) is 5.92 Å². The molecule has 0 radical (unpaired) electrons. The number of alkyl halides is 3. The Hall–Kier alpha value is -1.11. The lowest BCUT2D eigenvalue weighted by atomic mass is 9.81. The van der Waals surface area contributed by atoms with Gasteiger partial charge in [-0.3, -0.25) is 0 Å². The number of nitrogens with two attached hydrogens (primary N) is 1. The molecule has 1 aliphatic rings. The zero-order chi connectivity index (χ0) is 14.0. The van der Waals surface area contributed by atoms with Crippen molar-refractivity contribution in [3.63, 3.8) is 0 Å². The van der Waals surface area contributed by atoms with Crippen molar-refractivity contribution in [3.8, 4) is 0 Å². The van der Waals surface area contributed by atoms with E-state index < -0.39 is 12.1 Å². The molecule has 19 heavy (non-hydrogen) atoms. The van der Waals surface area contributed by atoms with Gasteiger partial charge in [0.05, 0.1) is 5.92 Å². The molecule has 1 fully saturated rings. The molecule has 1 atom stereocenters. The van der Waals surface area contributed by atoms with Crippen LogP contribution in [0.3, 0.4) is 0 Å². The minimum Gasteiger partial charge on any atom is -0.339 e. The highest BCUT2D eigenvalue weighted by Crippen LogP contribution is 2.42. The highest BCUT2D eigenvalue weighted by atomic mass is 19.4. The molecule has 1 aromatic heterocycles. The van der Waals surface area contributed by atoms with E-state index in [9.17, 15) is 13.2 Å². The summed E-state index contributed by atoms with van der Waals surface area (Å²) in [6, 6.07) is -0.0635. The van der Waals surface area contributed by atoms with Crippen molar-refractivity contribution in [3.05, 3.63) is 11.7 Å². The van der Waals surface area contributed by atoms with Crippen LogP contribution in [-0.2, 0) is 6.42 Å². The van der Waals surface area contributed by atoms with E-state index in [4.69, 9.17) is 10.3 Å². The second-order valence-corrected chi connectivity index (χ2v) is 5.32. The summed E-state index contributed by atoms with van der Waals surface area (Å²) in [7, 11) is 0. The highest BCUT2D eigenvalue weighted by Gasteiger charge is 2.42. The van der Waals surface area contributed by atoms with E-state index in [0.717, 1.165) is 0 Å². The lowest BCUT2D eigenvalue weighted by molar-refractivity contribution is -0.182. The first-order valence-corrected chi connectivity index (χ1v) is 6.51. The second-order valence-electron chi connectivity index (χ2n) is 5.32. The molecule has 108 valence electrons. The third kappa shape index (κ3) is 3.68. The van der Waals surface area contributed by atoms with E-state index in [-0.39, 0.29) is 24.8 Å². The smallest absolute Gasteiger partial charge is 0.339 e. The average Bonchev–Trinajstić information content (AvgIpc) is 2.75. The van der Waals surface area contributed by atoms with Gasteiger partial charge in [-0.1, -0.05) is 5.16 Å². The Morgan fingerprint density at radius 3 is 2.47 bits per heavy atom. The molecule has 1 heterocycles. The van der Waals surface area contributed by atoms with Gasteiger partial charge in [-0.15, -0.1) is 0 Å². The lowest BCUT2D eigenvalue weighted by Crippen LogP contribution is -2.27. The molecule has 0 aromatic carbocycles. The normalized spacial score (nSPS) is 26.4. The van der Waals surface area contributed by atoms with E-state index in [1.165, 1.54) is 0 Å². The summed E-state index contributed by atoms with van der Waals surface area (Å²) in [5.74, 6) is -0.248. The van der Waals surface area contributed by atoms with Gasteiger partial charge in [0.2, 0.25) is 5.89 Å². The molecule has 2 N–H and O–H groups in total. The molecule has 0 amide bonds. The van der Waals surface area contributed by atoms with Crippen LogP contribution in [-0.4, -0.2) is 22.4 Å². The van der Waals surface area contributed by atoms with E-state index in [1.807, 2.05) is 6.92 Å². The van der Waals surface area contributed by atoms with Crippen LogP contribution in [0.2, 0.25) is 0 Å². The van der Waals surface area contributed by atoms with Crippen molar-refractivity contribution in [2.45, 2.75) is 57.2 Å². The Balaban J connectivity index is 1.92. The van der Waals surface area contributed by atoms with Crippen LogP contribution in [0.25, 0.3) is 0 Å². The molecular weight excluding hydrogens is 259 g/mol. The summed E-state index contributed by atoms with van der Waals surface area (Å²) in [6.45, 7) is 1.84. The van der Waals surface area contributed by atoms with Crippen LogP contribution in [0.15, 0.2) is 4.52 Å². The Labute approximate surface area is 109 Å². The third-order valence-corrected chi connectivity index (χ3v) is 3.53. The summed E-state index contributed by atoms with van der Waals surface area (Å²) in [6.07, 6.45) is -2.40. The van der Waals surface area contributed by atoms with E-state index in [2.05, 4.69) is 10.1 Å². The average molecular weight is 277 g/mol. The van der Waals surface area contributed by atoms with Gasteiger partial charge in [0.15, 0.2) is 5.82 Å².